The standard InChI is InChI=1S/C11H17NO3S2/c1-9-3-2-7-12(9)17(14,15)11-5-4-10(16-11)6-8-13/h4-5,9,13H,2-3,6-8H2,1H3. The monoisotopic (exact) mass is 275 g/mol. The highest BCUT2D eigenvalue weighted by Gasteiger charge is 2.33. The van der Waals surface area contributed by atoms with Gasteiger partial charge < -0.3 is 5.11 Å². The number of sulfonamides is 1. The molecule has 6 heteroatoms. The maximum atomic E-state index is 12.3. The van der Waals surface area contributed by atoms with Crippen molar-refractivity contribution in [2.75, 3.05) is 13.2 Å². The van der Waals surface area contributed by atoms with E-state index in [1.807, 2.05) is 6.92 Å². The zero-order chi connectivity index (χ0) is 12.5. The summed E-state index contributed by atoms with van der Waals surface area (Å²) < 4.78 is 26.7. The van der Waals surface area contributed by atoms with Gasteiger partial charge in [0.15, 0.2) is 0 Å². The molecule has 1 aromatic rings. The van der Waals surface area contributed by atoms with Crippen molar-refractivity contribution < 1.29 is 13.5 Å². The van der Waals surface area contributed by atoms with Gasteiger partial charge in [-0.05, 0) is 31.9 Å². The number of hydrogen-bond acceptors (Lipinski definition) is 4. The van der Waals surface area contributed by atoms with Gasteiger partial charge in [0, 0.05) is 30.5 Å². The molecule has 0 aromatic carbocycles. The topological polar surface area (TPSA) is 57.6 Å². The third-order valence-electron chi connectivity index (χ3n) is 3.05. The van der Waals surface area contributed by atoms with Gasteiger partial charge in [0.05, 0.1) is 0 Å². The molecule has 0 spiro atoms. The second-order valence-electron chi connectivity index (χ2n) is 4.30. The summed E-state index contributed by atoms with van der Waals surface area (Å²) in [5.74, 6) is 0. The molecule has 17 heavy (non-hydrogen) atoms. The molecule has 1 saturated heterocycles. The van der Waals surface area contributed by atoms with Crippen LogP contribution in [0.5, 0.6) is 0 Å². The minimum Gasteiger partial charge on any atom is -0.396 e. The lowest BCUT2D eigenvalue weighted by atomic mass is 10.3. The molecule has 1 aliphatic heterocycles. The fraction of sp³-hybridized carbons (Fsp3) is 0.636. The summed E-state index contributed by atoms with van der Waals surface area (Å²) >= 11 is 1.26. The van der Waals surface area contributed by atoms with Gasteiger partial charge >= 0.3 is 0 Å². The Morgan fingerprint density at radius 2 is 2.29 bits per heavy atom. The molecule has 1 fully saturated rings. The van der Waals surface area contributed by atoms with E-state index in [9.17, 15) is 8.42 Å². The van der Waals surface area contributed by atoms with Crippen LogP contribution in [0.4, 0.5) is 0 Å². The second kappa shape index (κ2) is 5.06. The van der Waals surface area contributed by atoms with Crippen molar-refractivity contribution in [3.63, 3.8) is 0 Å². The minimum atomic E-state index is -3.32. The van der Waals surface area contributed by atoms with E-state index < -0.39 is 10.0 Å². The van der Waals surface area contributed by atoms with Gasteiger partial charge in [-0.1, -0.05) is 0 Å². The summed E-state index contributed by atoms with van der Waals surface area (Å²) in [5, 5.41) is 8.83. The Hall–Kier alpha value is -0.430. The van der Waals surface area contributed by atoms with Crippen molar-refractivity contribution in [2.45, 2.75) is 36.4 Å². The highest BCUT2D eigenvalue weighted by Crippen LogP contribution is 2.30. The molecule has 0 saturated carbocycles. The normalized spacial score (nSPS) is 22.1. The van der Waals surface area contributed by atoms with E-state index in [4.69, 9.17) is 5.11 Å². The molecule has 0 bridgehead atoms. The Balaban J connectivity index is 2.24. The molecule has 0 radical (unpaired) electrons. The lowest BCUT2D eigenvalue weighted by molar-refractivity contribution is 0.300. The van der Waals surface area contributed by atoms with Crippen molar-refractivity contribution in [1.29, 1.82) is 0 Å². The smallest absolute Gasteiger partial charge is 0.252 e. The third-order valence-corrected chi connectivity index (χ3v) is 6.68. The van der Waals surface area contributed by atoms with Crippen LogP contribution >= 0.6 is 11.3 Å². The minimum absolute atomic E-state index is 0.0557. The molecular weight excluding hydrogens is 258 g/mol. The molecule has 2 rings (SSSR count). The first-order chi connectivity index (χ1) is 8.05. The second-order valence-corrected chi connectivity index (χ2v) is 7.59. The van der Waals surface area contributed by atoms with Crippen LogP contribution < -0.4 is 0 Å². The van der Waals surface area contributed by atoms with E-state index in [1.54, 1.807) is 16.4 Å². The van der Waals surface area contributed by atoms with E-state index in [1.165, 1.54) is 11.3 Å². The van der Waals surface area contributed by atoms with Crippen LogP contribution in [0.15, 0.2) is 16.3 Å². The van der Waals surface area contributed by atoms with Crippen molar-refractivity contribution >= 4 is 21.4 Å². The van der Waals surface area contributed by atoms with Crippen molar-refractivity contribution in [3.8, 4) is 0 Å². The van der Waals surface area contributed by atoms with E-state index in [2.05, 4.69) is 0 Å². The fourth-order valence-electron chi connectivity index (χ4n) is 2.12. The molecule has 1 N–H and O–H groups in total. The molecular formula is C11H17NO3S2. The molecule has 1 aromatic heterocycles. The number of aliphatic hydroxyl groups excluding tert-OH is 1. The Morgan fingerprint density at radius 3 is 2.88 bits per heavy atom. The van der Waals surface area contributed by atoms with E-state index in [-0.39, 0.29) is 12.6 Å². The fourth-order valence-corrected chi connectivity index (χ4v) is 5.29. The summed E-state index contributed by atoms with van der Waals surface area (Å²) in [6, 6.07) is 3.54. The van der Waals surface area contributed by atoms with Crippen LogP contribution in [0.2, 0.25) is 0 Å². The lowest BCUT2D eigenvalue weighted by Crippen LogP contribution is -2.33. The van der Waals surface area contributed by atoms with Crippen LogP contribution in [0, 0.1) is 0 Å². The zero-order valence-electron chi connectivity index (χ0n) is 9.80. The Labute approximate surface area is 106 Å². The zero-order valence-corrected chi connectivity index (χ0v) is 11.4. The summed E-state index contributed by atoms with van der Waals surface area (Å²) in [5.41, 5.74) is 0. The van der Waals surface area contributed by atoms with Crippen molar-refractivity contribution in [3.05, 3.63) is 17.0 Å². The van der Waals surface area contributed by atoms with Gasteiger partial charge in [0.2, 0.25) is 0 Å². The summed E-state index contributed by atoms with van der Waals surface area (Å²) in [6.45, 7) is 2.63. The Bertz CT molecular complexity index is 481. The van der Waals surface area contributed by atoms with Gasteiger partial charge in [-0.2, -0.15) is 4.31 Å². The lowest BCUT2D eigenvalue weighted by Gasteiger charge is -2.19. The summed E-state index contributed by atoms with van der Waals surface area (Å²) in [6.07, 6.45) is 2.40. The van der Waals surface area contributed by atoms with Crippen LogP contribution in [0.3, 0.4) is 0 Å². The average molecular weight is 275 g/mol. The van der Waals surface area contributed by atoms with Crippen molar-refractivity contribution in [1.82, 2.24) is 4.31 Å². The molecule has 1 aliphatic rings. The van der Waals surface area contributed by atoms with Gasteiger partial charge in [0.1, 0.15) is 4.21 Å². The summed E-state index contributed by atoms with van der Waals surface area (Å²) in [7, 11) is -3.32. The van der Waals surface area contributed by atoms with Gasteiger partial charge in [-0.3, -0.25) is 0 Å². The maximum Gasteiger partial charge on any atom is 0.252 e. The van der Waals surface area contributed by atoms with Crippen LogP contribution in [0.1, 0.15) is 24.6 Å². The maximum absolute atomic E-state index is 12.3. The summed E-state index contributed by atoms with van der Waals surface area (Å²) in [4.78, 5) is 0.915. The van der Waals surface area contributed by atoms with E-state index in [0.29, 0.717) is 17.2 Å². The number of thiophene rings is 1. The largest absolute Gasteiger partial charge is 0.396 e. The number of hydrogen-bond donors (Lipinski definition) is 1. The van der Waals surface area contributed by atoms with Gasteiger partial charge in [0.25, 0.3) is 10.0 Å². The number of nitrogens with zero attached hydrogens (tertiary/aromatic N) is 1. The van der Waals surface area contributed by atoms with Gasteiger partial charge in [-0.15, -0.1) is 11.3 Å². The highest BCUT2D eigenvalue weighted by molar-refractivity contribution is 7.91. The van der Waals surface area contributed by atoms with Crippen LogP contribution in [-0.2, 0) is 16.4 Å². The number of aliphatic hydroxyl groups is 1. The third kappa shape index (κ3) is 2.54. The molecule has 1 unspecified atom stereocenters. The molecule has 96 valence electrons. The molecule has 0 aliphatic carbocycles. The van der Waals surface area contributed by atoms with Crippen LogP contribution in [0.25, 0.3) is 0 Å². The molecule has 2 heterocycles. The predicted octanol–water partition coefficient (Wildman–Crippen LogP) is 1.46. The average Bonchev–Trinajstić information content (AvgIpc) is 2.87. The quantitative estimate of drug-likeness (QED) is 0.905. The molecule has 4 nitrogen and oxygen atoms in total. The first-order valence-corrected chi connectivity index (χ1v) is 8.03. The first kappa shape index (κ1) is 13.0. The van der Waals surface area contributed by atoms with Crippen LogP contribution in [-0.4, -0.2) is 37.0 Å². The number of rotatable bonds is 4. The first-order valence-electron chi connectivity index (χ1n) is 5.77. The van der Waals surface area contributed by atoms with E-state index in [0.717, 1.165) is 17.7 Å². The molecule has 1 atom stereocenters. The Morgan fingerprint density at radius 1 is 1.53 bits per heavy atom. The van der Waals surface area contributed by atoms with Crippen molar-refractivity contribution in [2.24, 2.45) is 0 Å². The SMILES string of the molecule is CC1CCCN1S(=O)(=O)c1ccc(CCO)s1. The predicted molar refractivity (Wildman–Crippen MR) is 67.7 cm³/mol. The molecule has 0 amide bonds. The Kier molecular flexibility index (Phi) is 3.87. The van der Waals surface area contributed by atoms with Gasteiger partial charge in [-0.25, -0.2) is 8.42 Å². The van der Waals surface area contributed by atoms with E-state index >= 15 is 0 Å². The highest BCUT2D eigenvalue weighted by atomic mass is 32.2.